The molecule has 1 aromatic rings. The normalized spacial score (nSPS) is 17.7. The number of benzene rings is 1. The highest BCUT2D eigenvalue weighted by atomic mass is 19.4. The number of carbonyl (C=O) groups is 2. The Bertz CT molecular complexity index is 717. The highest BCUT2D eigenvalue weighted by molar-refractivity contribution is 5.90. The van der Waals surface area contributed by atoms with Gasteiger partial charge in [0.25, 0.3) is 0 Å². The zero-order valence-electron chi connectivity index (χ0n) is 14.9. The summed E-state index contributed by atoms with van der Waals surface area (Å²) in [6.07, 6.45) is -3.64. The van der Waals surface area contributed by atoms with Gasteiger partial charge in [0, 0.05) is 0 Å². The maximum absolute atomic E-state index is 12.7. The maximum Gasteiger partial charge on any atom is 0.416 e. The van der Waals surface area contributed by atoms with E-state index in [0.29, 0.717) is 11.1 Å². The maximum atomic E-state index is 12.7. The quantitative estimate of drug-likeness (QED) is 0.741. The Labute approximate surface area is 149 Å². The van der Waals surface area contributed by atoms with Crippen LogP contribution in [0.3, 0.4) is 0 Å². The standard InChI is InChI=1S/C18H20F3NO4/c1-17(2,3)26-16(24)22-10-12(9-14(22)15(23)25-4)11-5-7-13(8-6-11)18(19,20)21/h5-9,14H,10H2,1-4H3/t14-/m0/s1. The number of esters is 1. The Balaban J connectivity index is 2.27. The topological polar surface area (TPSA) is 55.8 Å². The van der Waals surface area contributed by atoms with Crippen molar-refractivity contribution in [3.8, 4) is 0 Å². The van der Waals surface area contributed by atoms with Crippen LogP contribution in [0.1, 0.15) is 31.9 Å². The van der Waals surface area contributed by atoms with Crippen molar-refractivity contribution in [1.29, 1.82) is 0 Å². The number of ether oxygens (including phenoxy) is 2. The molecule has 2 rings (SSSR count). The molecular weight excluding hydrogens is 351 g/mol. The summed E-state index contributed by atoms with van der Waals surface area (Å²) < 4.78 is 48.1. The summed E-state index contributed by atoms with van der Waals surface area (Å²) in [4.78, 5) is 25.5. The van der Waals surface area contributed by atoms with Gasteiger partial charge in [0.2, 0.25) is 0 Å². The van der Waals surface area contributed by atoms with Crippen molar-refractivity contribution in [2.24, 2.45) is 0 Å². The van der Waals surface area contributed by atoms with Gasteiger partial charge in [0.1, 0.15) is 5.60 Å². The summed E-state index contributed by atoms with van der Waals surface area (Å²) in [6.45, 7) is 5.11. The Morgan fingerprint density at radius 2 is 1.69 bits per heavy atom. The van der Waals surface area contributed by atoms with E-state index < -0.39 is 35.4 Å². The zero-order chi connectivity index (χ0) is 19.7. The largest absolute Gasteiger partial charge is 0.467 e. The summed E-state index contributed by atoms with van der Waals surface area (Å²) in [5, 5.41) is 0. The van der Waals surface area contributed by atoms with Crippen molar-refractivity contribution < 1.29 is 32.2 Å². The Morgan fingerprint density at radius 3 is 2.15 bits per heavy atom. The molecule has 0 fully saturated rings. The summed E-state index contributed by atoms with van der Waals surface area (Å²) in [6, 6.07) is 3.54. The van der Waals surface area contributed by atoms with Crippen LogP contribution in [-0.4, -0.2) is 42.3 Å². The molecular formula is C18H20F3NO4. The van der Waals surface area contributed by atoms with Gasteiger partial charge >= 0.3 is 18.2 Å². The average Bonchev–Trinajstić information content (AvgIpc) is 2.97. The first-order valence-electron chi connectivity index (χ1n) is 7.88. The number of hydrogen-bond donors (Lipinski definition) is 0. The minimum absolute atomic E-state index is 0.0278. The van der Waals surface area contributed by atoms with E-state index in [4.69, 9.17) is 9.47 Å². The molecule has 1 amide bonds. The Morgan fingerprint density at radius 1 is 1.12 bits per heavy atom. The van der Waals surface area contributed by atoms with Crippen molar-refractivity contribution in [3.63, 3.8) is 0 Å². The van der Waals surface area contributed by atoms with Crippen LogP contribution in [0.4, 0.5) is 18.0 Å². The molecule has 26 heavy (non-hydrogen) atoms. The van der Waals surface area contributed by atoms with E-state index in [2.05, 4.69) is 0 Å². The molecule has 1 aliphatic rings. The number of halogens is 3. The molecule has 0 saturated heterocycles. The van der Waals surface area contributed by atoms with Gasteiger partial charge in [0.15, 0.2) is 6.04 Å². The molecule has 1 atom stereocenters. The van der Waals surface area contributed by atoms with Gasteiger partial charge in [-0.15, -0.1) is 0 Å². The Kier molecular flexibility index (Phi) is 5.34. The molecule has 8 heteroatoms. The number of methoxy groups -OCH3 is 1. The highest BCUT2D eigenvalue weighted by Gasteiger charge is 2.38. The van der Waals surface area contributed by atoms with Gasteiger partial charge in [0.05, 0.1) is 19.2 Å². The molecule has 5 nitrogen and oxygen atoms in total. The van der Waals surface area contributed by atoms with E-state index in [0.717, 1.165) is 12.1 Å². The lowest BCUT2D eigenvalue weighted by Crippen LogP contribution is -2.44. The molecule has 1 heterocycles. The molecule has 0 radical (unpaired) electrons. The summed E-state index contributed by atoms with van der Waals surface area (Å²) in [5.41, 5.74) is -0.499. The Hall–Kier alpha value is -2.51. The van der Waals surface area contributed by atoms with Gasteiger partial charge in [-0.2, -0.15) is 13.2 Å². The minimum Gasteiger partial charge on any atom is -0.467 e. The first-order valence-corrected chi connectivity index (χ1v) is 7.88. The van der Waals surface area contributed by atoms with Crippen LogP contribution in [0.15, 0.2) is 30.3 Å². The summed E-state index contributed by atoms with van der Waals surface area (Å²) in [5.74, 6) is -0.655. The average molecular weight is 371 g/mol. The fourth-order valence-corrected chi connectivity index (χ4v) is 2.49. The van der Waals surface area contributed by atoms with Crippen LogP contribution in [0, 0.1) is 0 Å². The van der Waals surface area contributed by atoms with E-state index in [1.807, 2.05) is 0 Å². The summed E-state index contributed by atoms with van der Waals surface area (Å²) in [7, 11) is 1.19. The van der Waals surface area contributed by atoms with Crippen molar-refractivity contribution in [2.45, 2.75) is 38.6 Å². The third-order valence-corrected chi connectivity index (χ3v) is 3.69. The molecule has 1 aromatic carbocycles. The van der Waals surface area contributed by atoms with Crippen LogP contribution in [-0.2, 0) is 20.4 Å². The van der Waals surface area contributed by atoms with Crippen molar-refractivity contribution in [2.75, 3.05) is 13.7 Å². The third-order valence-electron chi connectivity index (χ3n) is 3.69. The lowest BCUT2D eigenvalue weighted by molar-refractivity contribution is -0.144. The first kappa shape index (κ1) is 19.8. The molecule has 0 saturated carbocycles. The number of nitrogens with zero attached hydrogens (tertiary/aromatic N) is 1. The number of hydrogen-bond acceptors (Lipinski definition) is 4. The van der Waals surface area contributed by atoms with E-state index in [1.165, 1.54) is 30.2 Å². The second-order valence-electron chi connectivity index (χ2n) is 6.84. The first-order chi connectivity index (χ1) is 11.9. The number of carbonyl (C=O) groups excluding carboxylic acids is 2. The lowest BCUT2D eigenvalue weighted by atomic mass is 10.0. The zero-order valence-corrected chi connectivity index (χ0v) is 14.9. The van der Waals surface area contributed by atoms with Gasteiger partial charge in [-0.3, -0.25) is 4.90 Å². The van der Waals surface area contributed by atoms with Crippen LogP contribution in [0.5, 0.6) is 0 Å². The number of rotatable bonds is 2. The van der Waals surface area contributed by atoms with Gasteiger partial charge in [-0.25, -0.2) is 9.59 Å². The molecule has 0 unspecified atom stereocenters. The minimum atomic E-state index is -4.43. The second-order valence-corrected chi connectivity index (χ2v) is 6.84. The fourth-order valence-electron chi connectivity index (χ4n) is 2.49. The molecule has 0 bridgehead atoms. The van der Waals surface area contributed by atoms with Crippen molar-refractivity contribution in [3.05, 3.63) is 41.5 Å². The molecule has 0 aliphatic carbocycles. The van der Waals surface area contributed by atoms with E-state index in [9.17, 15) is 22.8 Å². The fraction of sp³-hybridized carbons (Fsp3) is 0.444. The van der Waals surface area contributed by atoms with Crippen LogP contribution in [0.25, 0.3) is 5.57 Å². The van der Waals surface area contributed by atoms with Crippen molar-refractivity contribution in [1.82, 2.24) is 4.90 Å². The van der Waals surface area contributed by atoms with E-state index in [1.54, 1.807) is 20.8 Å². The third kappa shape index (κ3) is 4.56. The predicted molar refractivity (Wildman–Crippen MR) is 88.2 cm³/mol. The van der Waals surface area contributed by atoms with Crippen molar-refractivity contribution >= 4 is 17.6 Å². The van der Waals surface area contributed by atoms with Gasteiger partial charge in [-0.05, 0) is 50.1 Å². The molecule has 1 aliphatic heterocycles. The van der Waals surface area contributed by atoms with Crippen LogP contribution >= 0.6 is 0 Å². The van der Waals surface area contributed by atoms with Gasteiger partial charge in [-0.1, -0.05) is 12.1 Å². The van der Waals surface area contributed by atoms with Crippen LogP contribution in [0.2, 0.25) is 0 Å². The van der Waals surface area contributed by atoms with E-state index >= 15 is 0 Å². The van der Waals surface area contributed by atoms with E-state index in [-0.39, 0.29) is 6.54 Å². The number of alkyl halides is 3. The predicted octanol–water partition coefficient (Wildman–Crippen LogP) is 3.88. The molecule has 0 spiro atoms. The molecule has 0 aromatic heterocycles. The monoisotopic (exact) mass is 371 g/mol. The smallest absolute Gasteiger partial charge is 0.416 e. The second kappa shape index (κ2) is 7.01. The number of amides is 1. The lowest BCUT2D eigenvalue weighted by Gasteiger charge is -2.27. The summed E-state index contributed by atoms with van der Waals surface area (Å²) >= 11 is 0. The van der Waals surface area contributed by atoms with Crippen LogP contribution < -0.4 is 0 Å². The van der Waals surface area contributed by atoms with Gasteiger partial charge < -0.3 is 9.47 Å². The highest BCUT2D eigenvalue weighted by Crippen LogP contribution is 2.32. The molecule has 0 N–H and O–H groups in total. The SMILES string of the molecule is COC(=O)[C@@H]1C=C(c2ccc(C(F)(F)F)cc2)CN1C(=O)OC(C)(C)C. The molecule has 142 valence electrons.